The Bertz CT molecular complexity index is 1030. The van der Waals surface area contributed by atoms with Crippen molar-refractivity contribution in [3.8, 4) is 0 Å². The van der Waals surface area contributed by atoms with E-state index in [0.29, 0.717) is 31.0 Å². The van der Waals surface area contributed by atoms with Crippen LogP contribution in [0.1, 0.15) is 54.1 Å². The molecule has 1 fully saturated rings. The number of benzene rings is 2. The van der Waals surface area contributed by atoms with Crippen molar-refractivity contribution in [3.05, 3.63) is 65.2 Å². The van der Waals surface area contributed by atoms with E-state index in [1.54, 1.807) is 29.2 Å². The van der Waals surface area contributed by atoms with Crippen LogP contribution in [-0.4, -0.2) is 43.2 Å². The fraction of sp³-hybridized carbons (Fsp3) is 0.458. The van der Waals surface area contributed by atoms with Gasteiger partial charge in [-0.05, 0) is 67.3 Å². The van der Waals surface area contributed by atoms with Gasteiger partial charge in [0.2, 0.25) is 10.0 Å². The van der Waals surface area contributed by atoms with Crippen LogP contribution in [0, 0.1) is 5.92 Å². The predicted molar refractivity (Wildman–Crippen MR) is 118 cm³/mol. The third kappa shape index (κ3) is 4.16. The van der Waals surface area contributed by atoms with E-state index >= 15 is 0 Å². The van der Waals surface area contributed by atoms with Crippen molar-refractivity contribution in [1.82, 2.24) is 9.21 Å². The minimum atomic E-state index is -3.66. The standard InChI is InChI=1S/C24H30N2O3S/c1-18-10-12-22(13-11-18)25(2)24(27)20-8-5-9-23(16-20)30(28,29)26-15-14-19-6-3-4-7-21(19)17-26/h3-9,16,18,22H,10-15,17H2,1-2H3. The Morgan fingerprint density at radius 1 is 1.00 bits per heavy atom. The number of nitrogens with zero attached hydrogens (tertiary/aromatic N) is 2. The number of hydrogen-bond acceptors (Lipinski definition) is 3. The summed E-state index contributed by atoms with van der Waals surface area (Å²) in [6, 6.07) is 14.7. The maximum Gasteiger partial charge on any atom is 0.253 e. The van der Waals surface area contributed by atoms with Crippen LogP contribution in [0.3, 0.4) is 0 Å². The van der Waals surface area contributed by atoms with Crippen LogP contribution in [0.15, 0.2) is 53.4 Å². The molecule has 1 heterocycles. The Labute approximate surface area is 179 Å². The molecule has 2 aromatic carbocycles. The van der Waals surface area contributed by atoms with Crippen LogP contribution in [0.2, 0.25) is 0 Å². The van der Waals surface area contributed by atoms with E-state index in [4.69, 9.17) is 0 Å². The van der Waals surface area contributed by atoms with Gasteiger partial charge >= 0.3 is 0 Å². The van der Waals surface area contributed by atoms with Gasteiger partial charge in [0.15, 0.2) is 0 Å². The van der Waals surface area contributed by atoms with Crippen LogP contribution in [0.5, 0.6) is 0 Å². The molecule has 0 radical (unpaired) electrons. The minimum Gasteiger partial charge on any atom is -0.339 e. The number of sulfonamides is 1. The quantitative estimate of drug-likeness (QED) is 0.740. The molecule has 0 aromatic heterocycles. The highest BCUT2D eigenvalue weighted by atomic mass is 32.2. The van der Waals surface area contributed by atoms with Crippen molar-refractivity contribution in [3.63, 3.8) is 0 Å². The first kappa shape index (κ1) is 21.1. The van der Waals surface area contributed by atoms with Crippen molar-refractivity contribution in [2.75, 3.05) is 13.6 Å². The average Bonchev–Trinajstić information content (AvgIpc) is 2.78. The van der Waals surface area contributed by atoms with Crippen molar-refractivity contribution in [2.45, 2.75) is 56.5 Å². The zero-order valence-corrected chi connectivity index (χ0v) is 18.6. The maximum atomic E-state index is 13.3. The molecule has 1 aliphatic carbocycles. The molecule has 0 spiro atoms. The number of hydrogen-bond donors (Lipinski definition) is 0. The molecular weight excluding hydrogens is 396 g/mol. The molecule has 6 heteroatoms. The largest absolute Gasteiger partial charge is 0.339 e. The van der Waals surface area contributed by atoms with E-state index in [1.807, 2.05) is 25.2 Å². The molecule has 0 bridgehead atoms. The molecule has 0 N–H and O–H groups in total. The fourth-order valence-corrected chi connectivity index (χ4v) is 6.08. The summed E-state index contributed by atoms with van der Waals surface area (Å²) in [5.74, 6) is 0.614. The minimum absolute atomic E-state index is 0.101. The number of fused-ring (bicyclic) bond motifs is 1. The highest BCUT2D eigenvalue weighted by Gasteiger charge is 2.30. The molecule has 0 atom stereocenters. The fourth-order valence-electron chi connectivity index (χ4n) is 4.61. The van der Waals surface area contributed by atoms with Gasteiger partial charge in [-0.2, -0.15) is 4.31 Å². The van der Waals surface area contributed by atoms with Crippen LogP contribution in [0.25, 0.3) is 0 Å². The van der Waals surface area contributed by atoms with E-state index < -0.39 is 10.0 Å². The van der Waals surface area contributed by atoms with Gasteiger partial charge < -0.3 is 4.90 Å². The van der Waals surface area contributed by atoms with Crippen molar-refractivity contribution < 1.29 is 13.2 Å². The Morgan fingerprint density at radius 3 is 2.43 bits per heavy atom. The second kappa shape index (κ2) is 8.52. The van der Waals surface area contributed by atoms with E-state index in [1.165, 1.54) is 9.87 Å². The van der Waals surface area contributed by atoms with Crippen molar-refractivity contribution >= 4 is 15.9 Å². The summed E-state index contributed by atoms with van der Waals surface area (Å²) in [4.78, 5) is 15.1. The molecule has 2 aliphatic rings. The Morgan fingerprint density at radius 2 is 1.70 bits per heavy atom. The molecule has 4 rings (SSSR count). The van der Waals surface area contributed by atoms with Gasteiger partial charge in [-0.3, -0.25) is 4.79 Å². The summed E-state index contributed by atoms with van der Waals surface area (Å²) in [5.41, 5.74) is 2.69. The topological polar surface area (TPSA) is 57.7 Å². The highest BCUT2D eigenvalue weighted by molar-refractivity contribution is 7.89. The zero-order chi connectivity index (χ0) is 21.3. The molecule has 160 valence electrons. The second-order valence-electron chi connectivity index (χ2n) is 8.71. The van der Waals surface area contributed by atoms with Gasteiger partial charge in [0, 0.05) is 31.7 Å². The van der Waals surface area contributed by atoms with E-state index in [2.05, 4.69) is 13.0 Å². The van der Waals surface area contributed by atoms with Gasteiger partial charge in [0.1, 0.15) is 0 Å². The van der Waals surface area contributed by atoms with Gasteiger partial charge in [-0.15, -0.1) is 0 Å². The molecule has 0 saturated heterocycles. The molecule has 0 unspecified atom stereocenters. The molecule has 1 saturated carbocycles. The van der Waals surface area contributed by atoms with Crippen molar-refractivity contribution in [2.24, 2.45) is 5.92 Å². The molecular formula is C24H30N2O3S. The van der Waals surface area contributed by atoms with Crippen LogP contribution < -0.4 is 0 Å². The first-order valence-corrected chi connectivity index (χ1v) is 12.2. The van der Waals surface area contributed by atoms with Crippen LogP contribution >= 0.6 is 0 Å². The number of carbonyl (C=O) groups is 1. The summed E-state index contributed by atoms with van der Waals surface area (Å²) < 4.78 is 28.1. The van der Waals surface area contributed by atoms with Crippen LogP contribution in [-0.2, 0) is 23.0 Å². The van der Waals surface area contributed by atoms with Crippen LogP contribution in [0.4, 0.5) is 0 Å². The lowest BCUT2D eigenvalue weighted by Crippen LogP contribution is -2.39. The average molecular weight is 427 g/mol. The van der Waals surface area contributed by atoms with Gasteiger partial charge in [0.25, 0.3) is 5.91 Å². The van der Waals surface area contributed by atoms with Gasteiger partial charge in [-0.1, -0.05) is 37.3 Å². The summed E-state index contributed by atoms with van der Waals surface area (Å²) in [6.07, 6.45) is 4.99. The SMILES string of the molecule is CC1CCC(N(C)C(=O)c2cccc(S(=O)(=O)N3CCc4ccccc4C3)c2)CC1. The Hall–Kier alpha value is -2.18. The van der Waals surface area contributed by atoms with E-state index in [-0.39, 0.29) is 16.8 Å². The first-order chi connectivity index (χ1) is 14.4. The van der Waals surface area contributed by atoms with E-state index in [0.717, 1.165) is 31.2 Å². The number of amides is 1. The first-order valence-electron chi connectivity index (χ1n) is 10.8. The lowest BCUT2D eigenvalue weighted by molar-refractivity contribution is 0.0679. The molecule has 30 heavy (non-hydrogen) atoms. The molecule has 1 amide bonds. The number of carbonyl (C=O) groups excluding carboxylic acids is 1. The summed E-state index contributed by atoms with van der Waals surface area (Å²) >= 11 is 0. The third-order valence-corrected chi connectivity index (χ3v) is 8.51. The summed E-state index contributed by atoms with van der Waals surface area (Å²) in [6.45, 7) is 3.08. The highest BCUT2D eigenvalue weighted by Crippen LogP contribution is 2.28. The molecule has 1 aliphatic heterocycles. The maximum absolute atomic E-state index is 13.3. The Balaban J connectivity index is 1.53. The van der Waals surface area contributed by atoms with Gasteiger partial charge in [-0.25, -0.2) is 8.42 Å². The Kier molecular flexibility index (Phi) is 5.98. The normalized spacial score (nSPS) is 22.3. The van der Waals surface area contributed by atoms with Gasteiger partial charge in [0.05, 0.1) is 4.90 Å². The van der Waals surface area contributed by atoms with E-state index in [9.17, 15) is 13.2 Å². The lowest BCUT2D eigenvalue weighted by atomic mass is 9.86. The summed E-state index contributed by atoms with van der Waals surface area (Å²) in [7, 11) is -1.82. The zero-order valence-electron chi connectivity index (χ0n) is 17.8. The summed E-state index contributed by atoms with van der Waals surface area (Å²) in [5, 5.41) is 0. The monoisotopic (exact) mass is 426 g/mol. The molecule has 2 aromatic rings. The smallest absolute Gasteiger partial charge is 0.253 e. The predicted octanol–water partition coefficient (Wildman–Crippen LogP) is 4.08. The number of rotatable bonds is 4. The lowest BCUT2D eigenvalue weighted by Gasteiger charge is -2.33. The molecule has 5 nitrogen and oxygen atoms in total. The second-order valence-corrected chi connectivity index (χ2v) is 10.7. The third-order valence-electron chi connectivity index (χ3n) is 6.67. The van der Waals surface area contributed by atoms with Crippen molar-refractivity contribution in [1.29, 1.82) is 0 Å².